The molecule has 6 nitrogen and oxygen atoms in total. The third kappa shape index (κ3) is 4.75. The SMILES string of the molecule is Cc1nc(N2CCCCC2)cc(N2CCN(CCc3cccnc3)CC2)n1. The van der Waals surface area contributed by atoms with E-state index in [2.05, 4.69) is 31.8 Å². The van der Waals surface area contributed by atoms with E-state index in [1.807, 2.05) is 25.4 Å². The average Bonchev–Trinajstić information content (AvgIpc) is 2.73. The van der Waals surface area contributed by atoms with Gasteiger partial charge in [0.1, 0.15) is 17.5 Å². The van der Waals surface area contributed by atoms with Gasteiger partial charge in [0.05, 0.1) is 0 Å². The fraction of sp³-hybridized carbons (Fsp3) is 0.571. The van der Waals surface area contributed by atoms with Crippen molar-refractivity contribution in [2.24, 2.45) is 0 Å². The van der Waals surface area contributed by atoms with E-state index in [-0.39, 0.29) is 0 Å². The Morgan fingerprint density at radius 2 is 1.59 bits per heavy atom. The fourth-order valence-corrected chi connectivity index (χ4v) is 4.02. The summed E-state index contributed by atoms with van der Waals surface area (Å²) < 4.78 is 0. The van der Waals surface area contributed by atoms with Gasteiger partial charge in [0.15, 0.2) is 0 Å². The van der Waals surface area contributed by atoms with Crippen LogP contribution in [0.25, 0.3) is 0 Å². The normalized spacial score (nSPS) is 18.7. The minimum atomic E-state index is 0.882. The third-order valence-corrected chi connectivity index (χ3v) is 5.63. The molecule has 0 bridgehead atoms. The summed E-state index contributed by atoms with van der Waals surface area (Å²) in [6, 6.07) is 6.38. The molecule has 2 aromatic rings. The molecule has 2 aromatic heterocycles. The van der Waals surface area contributed by atoms with E-state index in [4.69, 9.17) is 9.97 Å². The van der Waals surface area contributed by atoms with Gasteiger partial charge in [-0.05, 0) is 44.2 Å². The van der Waals surface area contributed by atoms with Crippen LogP contribution >= 0.6 is 0 Å². The molecule has 0 saturated carbocycles. The van der Waals surface area contributed by atoms with E-state index in [0.29, 0.717) is 0 Å². The predicted molar refractivity (Wildman–Crippen MR) is 109 cm³/mol. The maximum Gasteiger partial charge on any atom is 0.134 e. The molecule has 0 N–H and O–H groups in total. The first-order valence-electron chi connectivity index (χ1n) is 10.2. The van der Waals surface area contributed by atoms with Crippen molar-refractivity contribution in [3.8, 4) is 0 Å². The van der Waals surface area contributed by atoms with Crippen LogP contribution in [0.2, 0.25) is 0 Å². The molecule has 2 aliphatic rings. The number of piperazine rings is 1. The Morgan fingerprint density at radius 3 is 2.26 bits per heavy atom. The first kappa shape index (κ1) is 18.2. The second-order valence-electron chi connectivity index (χ2n) is 7.62. The Kier molecular flexibility index (Phi) is 5.82. The van der Waals surface area contributed by atoms with Crippen molar-refractivity contribution in [2.45, 2.75) is 32.6 Å². The highest BCUT2D eigenvalue weighted by Crippen LogP contribution is 2.23. The van der Waals surface area contributed by atoms with Crippen LogP contribution in [-0.2, 0) is 6.42 Å². The quantitative estimate of drug-likeness (QED) is 0.810. The highest BCUT2D eigenvalue weighted by atomic mass is 15.3. The molecule has 0 unspecified atom stereocenters. The van der Waals surface area contributed by atoms with Gasteiger partial charge in [0, 0.05) is 64.3 Å². The number of nitrogens with zero attached hydrogens (tertiary/aromatic N) is 6. The zero-order chi connectivity index (χ0) is 18.5. The summed E-state index contributed by atoms with van der Waals surface area (Å²) in [7, 11) is 0. The van der Waals surface area contributed by atoms with Crippen molar-refractivity contribution in [3.63, 3.8) is 0 Å². The van der Waals surface area contributed by atoms with Crippen molar-refractivity contribution in [1.82, 2.24) is 19.9 Å². The van der Waals surface area contributed by atoms with Crippen molar-refractivity contribution in [3.05, 3.63) is 42.0 Å². The number of piperidine rings is 1. The number of anilines is 2. The van der Waals surface area contributed by atoms with Gasteiger partial charge in [-0.15, -0.1) is 0 Å². The molecule has 0 aliphatic carbocycles. The molecule has 144 valence electrons. The van der Waals surface area contributed by atoms with E-state index < -0.39 is 0 Å². The number of hydrogen-bond acceptors (Lipinski definition) is 6. The summed E-state index contributed by atoms with van der Waals surface area (Å²) in [6.07, 6.45) is 8.77. The van der Waals surface area contributed by atoms with Gasteiger partial charge in [-0.3, -0.25) is 9.88 Å². The van der Waals surface area contributed by atoms with Crippen molar-refractivity contribution >= 4 is 11.6 Å². The third-order valence-electron chi connectivity index (χ3n) is 5.63. The average molecular weight is 367 g/mol. The number of aromatic nitrogens is 3. The van der Waals surface area contributed by atoms with E-state index in [1.165, 1.54) is 24.8 Å². The zero-order valence-corrected chi connectivity index (χ0v) is 16.3. The summed E-state index contributed by atoms with van der Waals surface area (Å²) in [5, 5.41) is 0. The second-order valence-corrected chi connectivity index (χ2v) is 7.62. The van der Waals surface area contributed by atoms with Crippen LogP contribution in [0.5, 0.6) is 0 Å². The van der Waals surface area contributed by atoms with E-state index in [9.17, 15) is 0 Å². The lowest BCUT2D eigenvalue weighted by molar-refractivity contribution is 0.260. The molecule has 2 aliphatic heterocycles. The van der Waals surface area contributed by atoms with Crippen LogP contribution in [-0.4, -0.2) is 65.7 Å². The lowest BCUT2D eigenvalue weighted by atomic mass is 10.1. The first-order chi connectivity index (χ1) is 13.3. The topological polar surface area (TPSA) is 48.4 Å². The van der Waals surface area contributed by atoms with E-state index in [1.54, 1.807) is 0 Å². The minimum Gasteiger partial charge on any atom is -0.356 e. The van der Waals surface area contributed by atoms with Gasteiger partial charge in [0.25, 0.3) is 0 Å². The first-order valence-corrected chi connectivity index (χ1v) is 10.2. The highest BCUT2D eigenvalue weighted by molar-refractivity contribution is 5.51. The molecule has 0 radical (unpaired) electrons. The Bertz CT molecular complexity index is 721. The van der Waals surface area contributed by atoms with E-state index >= 15 is 0 Å². The van der Waals surface area contributed by atoms with Crippen LogP contribution in [0.3, 0.4) is 0 Å². The van der Waals surface area contributed by atoms with Gasteiger partial charge in [-0.2, -0.15) is 0 Å². The van der Waals surface area contributed by atoms with Crippen molar-refractivity contribution in [1.29, 1.82) is 0 Å². The smallest absolute Gasteiger partial charge is 0.134 e. The monoisotopic (exact) mass is 366 g/mol. The van der Waals surface area contributed by atoms with Gasteiger partial charge < -0.3 is 9.80 Å². The van der Waals surface area contributed by atoms with Crippen molar-refractivity contribution < 1.29 is 0 Å². The molecular weight excluding hydrogens is 336 g/mol. The Morgan fingerprint density at radius 1 is 0.889 bits per heavy atom. The highest BCUT2D eigenvalue weighted by Gasteiger charge is 2.20. The van der Waals surface area contributed by atoms with Gasteiger partial charge in [0.2, 0.25) is 0 Å². The summed E-state index contributed by atoms with van der Waals surface area (Å²) in [5.74, 6) is 3.08. The largest absolute Gasteiger partial charge is 0.356 e. The Hall–Kier alpha value is -2.21. The fourth-order valence-electron chi connectivity index (χ4n) is 4.02. The number of hydrogen-bond donors (Lipinski definition) is 0. The molecule has 2 fully saturated rings. The molecule has 4 rings (SSSR count). The van der Waals surface area contributed by atoms with Gasteiger partial charge in [-0.1, -0.05) is 6.07 Å². The Balaban J connectivity index is 1.34. The lowest BCUT2D eigenvalue weighted by Crippen LogP contribution is -2.47. The van der Waals surface area contributed by atoms with Crippen LogP contribution in [0, 0.1) is 6.92 Å². The van der Waals surface area contributed by atoms with E-state index in [0.717, 1.165) is 69.7 Å². The molecule has 6 heteroatoms. The maximum atomic E-state index is 4.73. The molecule has 2 saturated heterocycles. The summed E-state index contributed by atoms with van der Waals surface area (Å²) in [5.41, 5.74) is 1.32. The summed E-state index contributed by atoms with van der Waals surface area (Å²) in [6.45, 7) is 9.59. The van der Waals surface area contributed by atoms with Crippen LogP contribution in [0.15, 0.2) is 30.6 Å². The second kappa shape index (κ2) is 8.65. The molecule has 0 amide bonds. The molecule has 0 aromatic carbocycles. The number of aryl methyl sites for hydroxylation is 1. The molecule has 0 spiro atoms. The molecule has 27 heavy (non-hydrogen) atoms. The standard InChI is InChI=1S/C21H30N6/c1-18-23-20(26-9-3-2-4-10-26)16-21(24-18)27-14-12-25(13-15-27)11-7-19-6-5-8-22-17-19/h5-6,8,16-17H,2-4,7,9-15H2,1H3. The minimum absolute atomic E-state index is 0.882. The maximum absolute atomic E-state index is 4.73. The molecule has 4 heterocycles. The van der Waals surface area contributed by atoms with Crippen LogP contribution in [0.4, 0.5) is 11.6 Å². The van der Waals surface area contributed by atoms with Crippen LogP contribution < -0.4 is 9.80 Å². The number of pyridine rings is 1. The van der Waals surface area contributed by atoms with Crippen molar-refractivity contribution in [2.75, 3.05) is 55.6 Å². The van der Waals surface area contributed by atoms with Gasteiger partial charge >= 0.3 is 0 Å². The molecule has 0 atom stereocenters. The van der Waals surface area contributed by atoms with Gasteiger partial charge in [-0.25, -0.2) is 9.97 Å². The van der Waals surface area contributed by atoms with Crippen LogP contribution in [0.1, 0.15) is 30.7 Å². The summed E-state index contributed by atoms with van der Waals surface area (Å²) in [4.78, 5) is 21.0. The lowest BCUT2D eigenvalue weighted by Gasteiger charge is -2.36. The number of rotatable bonds is 5. The Labute approximate surface area is 162 Å². The predicted octanol–water partition coefficient (Wildman–Crippen LogP) is 2.54. The summed E-state index contributed by atoms with van der Waals surface area (Å²) >= 11 is 0. The zero-order valence-electron chi connectivity index (χ0n) is 16.3. The molecular formula is C21H30N6.